The molecule has 0 fully saturated rings. The number of carbonyl (C=O) groups is 1. The molecule has 0 atom stereocenters. The lowest BCUT2D eigenvalue weighted by molar-refractivity contribution is -0.132. The van der Waals surface area contributed by atoms with Crippen LogP contribution in [0.5, 0.6) is 0 Å². The third-order valence-corrected chi connectivity index (χ3v) is 2.65. The van der Waals surface area contributed by atoms with E-state index in [4.69, 9.17) is 5.11 Å². The summed E-state index contributed by atoms with van der Waals surface area (Å²) in [6, 6.07) is 6.03. The average Bonchev–Trinajstić information content (AvgIpc) is 2.29. The van der Waals surface area contributed by atoms with Crippen LogP contribution < -0.4 is 5.32 Å². The highest BCUT2D eigenvalue weighted by atomic mass is 19.1. The second-order valence-corrected chi connectivity index (χ2v) is 3.70. The first kappa shape index (κ1) is 10.8. The zero-order valence-corrected chi connectivity index (χ0v) is 8.66. The van der Waals surface area contributed by atoms with E-state index < -0.39 is 5.97 Å². The molecule has 0 spiro atoms. The molecule has 1 aliphatic heterocycles. The number of benzene rings is 1. The van der Waals surface area contributed by atoms with Crippen LogP contribution in [-0.4, -0.2) is 24.2 Å². The van der Waals surface area contributed by atoms with Gasteiger partial charge in [0.2, 0.25) is 0 Å². The number of hydrogen-bond donors (Lipinski definition) is 2. The maximum absolute atomic E-state index is 13.1. The molecule has 2 rings (SSSR count). The number of rotatable bonds is 2. The van der Waals surface area contributed by atoms with Gasteiger partial charge in [-0.2, -0.15) is 0 Å². The smallest absolute Gasteiger partial charge is 0.331 e. The van der Waals surface area contributed by atoms with E-state index >= 15 is 0 Å². The molecule has 1 aromatic rings. The topological polar surface area (TPSA) is 49.3 Å². The summed E-state index contributed by atoms with van der Waals surface area (Å²) in [5.74, 6) is -1.26. The molecule has 0 radical (unpaired) electrons. The van der Waals surface area contributed by atoms with Crippen LogP contribution in [0.15, 0.2) is 29.8 Å². The summed E-state index contributed by atoms with van der Waals surface area (Å²) in [5.41, 5.74) is 1.70. The molecular formula is C12H12FNO2. The fourth-order valence-corrected chi connectivity index (χ4v) is 1.87. The van der Waals surface area contributed by atoms with Gasteiger partial charge in [-0.15, -0.1) is 0 Å². The maximum atomic E-state index is 13.1. The lowest BCUT2D eigenvalue weighted by Gasteiger charge is -2.19. The number of hydrogen-bond acceptors (Lipinski definition) is 2. The molecule has 0 unspecified atom stereocenters. The normalized spacial score (nSPS) is 16.3. The Labute approximate surface area is 92.6 Å². The number of aliphatic carboxylic acids is 1. The van der Waals surface area contributed by atoms with Gasteiger partial charge in [0.1, 0.15) is 5.82 Å². The van der Waals surface area contributed by atoms with Crippen LogP contribution in [0, 0.1) is 5.82 Å². The van der Waals surface area contributed by atoms with E-state index in [0.717, 1.165) is 0 Å². The van der Waals surface area contributed by atoms with Crippen molar-refractivity contribution >= 4 is 11.5 Å². The standard InChI is InChI=1S/C12H12FNO2/c13-9-3-1-2-8(6-9)11-7-14-5-4-10(11)12(15)16/h1-3,6,14H,4-5,7H2,(H,15,16). The molecule has 0 amide bonds. The summed E-state index contributed by atoms with van der Waals surface area (Å²) in [5, 5.41) is 12.2. The van der Waals surface area contributed by atoms with E-state index in [0.29, 0.717) is 36.2 Å². The van der Waals surface area contributed by atoms with E-state index in [1.165, 1.54) is 12.1 Å². The molecule has 0 aliphatic carbocycles. The SMILES string of the molecule is O=C(O)C1=C(c2cccc(F)c2)CNCC1. The van der Waals surface area contributed by atoms with Crippen LogP contribution in [0.25, 0.3) is 5.57 Å². The van der Waals surface area contributed by atoms with E-state index in [1.807, 2.05) is 0 Å². The summed E-state index contributed by atoms with van der Waals surface area (Å²) in [4.78, 5) is 11.0. The molecule has 84 valence electrons. The molecule has 2 N–H and O–H groups in total. The molecule has 1 aromatic carbocycles. The Hall–Kier alpha value is -1.68. The molecule has 0 bridgehead atoms. The van der Waals surface area contributed by atoms with Crippen LogP contribution in [0.2, 0.25) is 0 Å². The molecule has 1 heterocycles. The Morgan fingerprint density at radius 2 is 2.25 bits per heavy atom. The van der Waals surface area contributed by atoms with E-state index in [1.54, 1.807) is 12.1 Å². The van der Waals surface area contributed by atoms with Crippen LogP contribution in [-0.2, 0) is 4.79 Å². The minimum atomic E-state index is -0.916. The van der Waals surface area contributed by atoms with Crippen molar-refractivity contribution in [2.75, 3.05) is 13.1 Å². The first-order valence-corrected chi connectivity index (χ1v) is 5.10. The van der Waals surface area contributed by atoms with E-state index in [2.05, 4.69) is 5.32 Å². The summed E-state index contributed by atoms with van der Waals surface area (Å²) < 4.78 is 13.1. The average molecular weight is 221 g/mol. The lowest BCUT2D eigenvalue weighted by Crippen LogP contribution is -2.27. The number of nitrogens with one attached hydrogen (secondary N) is 1. The molecule has 3 nitrogen and oxygen atoms in total. The van der Waals surface area contributed by atoms with Crippen molar-refractivity contribution < 1.29 is 14.3 Å². The molecule has 1 aliphatic rings. The summed E-state index contributed by atoms with van der Waals surface area (Å²) in [6.07, 6.45) is 0.473. The molecule has 4 heteroatoms. The third-order valence-electron chi connectivity index (χ3n) is 2.65. The minimum absolute atomic E-state index is 0.347. The Balaban J connectivity index is 2.47. The van der Waals surface area contributed by atoms with Crippen LogP contribution in [0.1, 0.15) is 12.0 Å². The van der Waals surface area contributed by atoms with Crippen molar-refractivity contribution in [1.29, 1.82) is 0 Å². The van der Waals surface area contributed by atoms with Crippen molar-refractivity contribution in [3.63, 3.8) is 0 Å². The Morgan fingerprint density at radius 1 is 1.44 bits per heavy atom. The van der Waals surface area contributed by atoms with Gasteiger partial charge in [-0.25, -0.2) is 9.18 Å². The first-order valence-electron chi connectivity index (χ1n) is 5.10. The fraction of sp³-hybridized carbons (Fsp3) is 0.250. The molecule has 0 saturated carbocycles. The second kappa shape index (κ2) is 4.45. The van der Waals surface area contributed by atoms with Gasteiger partial charge in [0.25, 0.3) is 0 Å². The highest BCUT2D eigenvalue weighted by Gasteiger charge is 2.19. The van der Waals surface area contributed by atoms with Gasteiger partial charge in [-0.3, -0.25) is 0 Å². The fourth-order valence-electron chi connectivity index (χ4n) is 1.87. The molecule has 16 heavy (non-hydrogen) atoms. The first-order chi connectivity index (χ1) is 7.68. The van der Waals surface area contributed by atoms with Crippen molar-refractivity contribution in [2.45, 2.75) is 6.42 Å². The largest absolute Gasteiger partial charge is 0.478 e. The summed E-state index contributed by atoms with van der Waals surface area (Å²) in [6.45, 7) is 1.13. The Morgan fingerprint density at radius 3 is 2.94 bits per heavy atom. The maximum Gasteiger partial charge on any atom is 0.331 e. The number of carboxylic acids is 1. The van der Waals surface area contributed by atoms with Crippen molar-refractivity contribution in [2.24, 2.45) is 0 Å². The van der Waals surface area contributed by atoms with Gasteiger partial charge in [0, 0.05) is 12.1 Å². The highest BCUT2D eigenvalue weighted by molar-refractivity contribution is 5.97. The molecule has 0 aromatic heterocycles. The van der Waals surface area contributed by atoms with Gasteiger partial charge < -0.3 is 10.4 Å². The highest BCUT2D eigenvalue weighted by Crippen LogP contribution is 2.23. The van der Waals surface area contributed by atoms with Gasteiger partial charge in [0.15, 0.2) is 0 Å². The second-order valence-electron chi connectivity index (χ2n) is 3.70. The van der Waals surface area contributed by atoms with Gasteiger partial charge in [-0.1, -0.05) is 12.1 Å². The molecule has 0 saturated heterocycles. The predicted molar refractivity (Wildman–Crippen MR) is 58.4 cm³/mol. The van der Waals surface area contributed by atoms with E-state index in [-0.39, 0.29) is 5.82 Å². The van der Waals surface area contributed by atoms with Crippen LogP contribution in [0.3, 0.4) is 0 Å². The Bertz CT molecular complexity index is 454. The number of halogens is 1. The third kappa shape index (κ3) is 2.12. The minimum Gasteiger partial charge on any atom is -0.478 e. The van der Waals surface area contributed by atoms with Crippen molar-refractivity contribution in [1.82, 2.24) is 5.32 Å². The lowest BCUT2D eigenvalue weighted by atomic mass is 9.95. The number of carboxylic acid groups (broad SMARTS) is 1. The van der Waals surface area contributed by atoms with Crippen LogP contribution in [0.4, 0.5) is 4.39 Å². The zero-order chi connectivity index (χ0) is 11.5. The van der Waals surface area contributed by atoms with Crippen LogP contribution >= 0.6 is 0 Å². The Kier molecular flexibility index (Phi) is 3.01. The predicted octanol–water partition coefficient (Wildman–Crippen LogP) is 1.66. The van der Waals surface area contributed by atoms with Crippen molar-refractivity contribution in [3.8, 4) is 0 Å². The summed E-state index contributed by atoms with van der Waals surface area (Å²) in [7, 11) is 0. The van der Waals surface area contributed by atoms with Gasteiger partial charge >= 0.3 is 5.97 Å². The monoisotopic (exact) mass is 221 g/mol. The van der Waals surface area contributed by atoms with Gasteiger partial charge in [-0.05, 0) is 36.2 Å². The van der Waals surface area contributed by atoms with Gasteiger partial charge in [0.05, 0.1) is 0 Å². The van der Waals surface area contributed by atoms with E-state index in [9.17, 15) is 9.18 Å². The van der Waals surface area contributed by atoms with Crippen molar-refractivity contribution in [3.05, 3.63) is 41.2 Å². The molecular weight excluding hydrogens is 209 g/mol. The zero-order valence-electron chi connectivity index (χ0n) is 8.66. The summed E-state index contributed by atoms with van der Waals surface area (Å²) >= 11 is 0. The quantitative estimate of drug-likeness (QED) is 0.798.